The molecule has 0 aliphatic heterocycles. The molecule has 0 saturated carbocycles. The Morgan fingerprint density at radius 1 is 1.06 bits per heavy atom. The number of hydrogen-bond acceptors (Lipinski definition) is 7. The van der Waals surface area contributed by atoms with Gasteiger partial charge in [0.15, 0.2) is 22.4 Å². The number of unbranched alkanes of at least 4 members (excludes halogenated alkanes) is 2. The van der Waals surface area contributed by atoms with E-state index < -0.39 is 0 Å². The van der Waals surface area contributed by atoms with Crippen molar-refractivity contribution in [3.05, 3.63) is 52.3 Å². The summed E-state index contributed by atoms with van der Waals surface area (Å²) in [5.41, 5.74) is 0.997. The number of hydrogen-bond donors (Lipinski definition) is 0. The third kappa shape index (κ3) is 5.55. The van der Waals surface area contributed by atoms with Crippen LogP contribution in [-0.4, -0.2) is 42.4 Å². The minimum atomic E-state index is -0.128. The van der Waals surface area contributed by atoms with Gasteiger partial charge in [-0.05, 0) is 37.6 Å². The fraction of sp³-hybridized carbons (Fsp3) is 0.423. The third-order valence-electron chi connectivity index (χ3n) is 5.76. The normalized spacial score (nSPS) is 11.9. The van der Waals surface area contributed by atoms with Crippen LogP contribution in [0.2, 0.25) is 0 Å². The topological polar surface area (TPSA) is 79.7 Å². The first-order valence-electron chi connectivity index (χ1n) is 11.4. The molecule has 1 aromatic heterocycles. The molecule has 0 N–H and O–H groups in total. The molecule has 3 aromatic rings. The van der Waals surface area contributed by atoms with Crippen LogP contribution in [0.25, 0.3) is 10.9 Å². The number of methoxy groups -OCH3 is 3. The van der Waals surface area contributed by atoms with Crippen LogP contribution < -0.4 is 19.8 Å². The fourth-order valence-corrected chi connectivity index (χ4v) is 4.88. The van der Waals surface area contributed by atoms with E-state index in [9.17, 15) is 9.59 Å². The van der Waals surface area contributed by atoms with Crippen LogP contribution in [0.1, 0.15) is 55.9 Å². The second kappa shape index (κ2) is 11.9. The first-order valence-corrected chi connectivity index (χ1v) is 12.4. The highest BCUT2D eigenvalue weighted by atomic mass is 32.2. The number of Topliss-reactive ketones (excluding diaryl/α,β-unsaturated/α-hetero) is 1. The Hall–Kier alpha value is -3.00. The van der Waals surface area contributed by atoms with Gasteiger partial charge in [0.2, 0.25) is 5.75 Å². The monoisotopic (exact) mass is 484 g/mol. The predicted molar refractivity (Wildman–Crippen MR) is 136 cm³/mol. The van der Waals surface area contributed by atoms with Gasteiger partial charge in [0, 0.05) is 11.6 Å². The molecule has 1 atom stereocenters. The lowest BCUT2D eigenvalue weighted by molar-refractivity contribution is 0.102. The molecule has 0 saturated heterocycles. The summed E-state index contributed by atoms with van der Waals surface area (Å²) in [5, 5.41) is 1.14. The highest BCUT2D eigenvalue weighted by Crippen LogP contribution is 2.38. The van der Waals surface area contributed by atoms with Crippen molar-refractivity contribution in [3.63, 3.8) is 0 Å². The van der Waals surface area contributed by atoms with E-state index in [0.29, 0.717) is 38.9 Å². The van der Waals surface area contributed by atoms with Crippen LogP contribution in [0.4, 0.5) is 0 Å². The van der Waals surface area contributed by atoms with Crippen LogP contribution in [0.15, 0.2) is 46.3 Å². The molecule has 0 bridgehead atoms. The van der Waals surface area contributed by atoms with Gasteiger partial charge in [0.25, 0.3) is 5.56 Å². The van der Waals surface area contributed by atoms with Crippen molar-refractivity contribution in [1.82, 2.24) is 9.55 Å². The summed E-state index contributed by atoms with van der Waals surface area (Å²) < 4.78 is 17.8. The molecule has 0 aliphatic carbocycles. The minimum Gasteiger partial charge on any atom is -0.493 e. The zero-order valence-electron chi connectivity index (χ0n) is 20.4. The number of rotatable bonds is 12. The van der Waals surface area contributed by atoms with Gasteiger partial charge in [-0.2, -0.15) is 0 Å². The van der Waals surface area contributed by atoms with Crippen molar-refractivity contribution in [2.24, 2.45) is 0 Å². The van der Waals surface area contributed by atoms with E-state index in [0.717, 1.165) is 25.7 Å². The number of fused-ring (bicyclic) bond motifs is 1. The van der Waals surface area contributed by atoms with E-state index >= 15 is 0 Å². The van der Waals surface area contributed by atoms with Gasteiger partial charge in [0.1, 0.15) is 0 Å². The number of nitrogens with zero attached hydrogens (tertiary/aromatic N) is 2. The van der Waals surface area contributed by atoms with Crippen molar-refractivity contribution in [3.8, 4) is 17.2 Å². The molecule has 0 spiro atoms. The first kappa shape index (κ1) is 25.6. The quantitative estimate of drug-likeness (QED) is 0.145. The van der Waals surface area contributed by atoms with Crippen molar-refractivity contribution >= 4 is 28.4 Å². The van der Waals surface area contributed by atoms with Crippen LogP contribution in [0.3, 0.4) is 0 Å². The Bertz CT molecular complexity index is 1180. The summed E-state index contributed by atoms with van der Waals surface area (Å²) in [5.74, 6) is 1.25. The Morgan fingerprint density at radius 2 is 1.74 bits per heavy atom. The number of ketones is 1. The van der Waals surface area contributed by atoms with Crippen molar-refractivity contribution < 1.29 is 19.0 Å². The summed E-state index contributed by atoms with van der Waals surface area (Å²) >= 11 is 1.27. The first-order chi connectivity index (χ1) is 16.4. The lowest BCUT2D eigenvalue weighted by atomic mass is 10.1. The maximum atomic E-state index is 13.4. The summed E-state index contributed by atoms with van der Waals surface area (Å²) in [6.07, 6.45) is 4.14. The van der Waals surface area contributed by atoms with Crippen molar-refractivity contribution in [1.29, 1.82) is 0 Å². The van der Waals surface area contributed by atoms with E-state index in [2.05, 4.69) is 6.92 Å². The number of carbonyl (C=O) groups excluding carboxylic acids is 1. The Morgan fingerprint density at radius 3 is 2.35 bits per heavy atom. The molecule has 0 radical (unpaired) electrons. The molecule has 3 rings (SSSR count). The molecule has 7 nitrogen and oxygen atoms in total. The number of carbonyl (C=O) groups is 1. The second-order valence-corrected chi connectivity index (χ2v) is 9.00. The molecule has 8 heteroatoms. The van der Waals surface area contributed by atoms with Crippen LogP contribution in [-0.2, 0) is 0 Å². The van der Waals surface area contributed by atoms with Gasteiger partial charge < -0.3 is 14.2 Å². The SMILES string of the molecule is CCCCCC(C)n1c(SCC(=O)c2cc(OC)c(OC)c(OC)c2)nc2ccccc2c1=O. The Labute approximate surface area is 204 Å². The molecule has 2 aromatic carbocycles. The fourth-order valence-electron chi connectivity index (χ4n) is 3.89. The number of ether oxygens (including phenoxy) is 3. The second-order valence-electron chi connectivity index (χ2n) is 8.06. The van der Waals surface area contributed by atoms with Gasteiger partial charge >= 0.3 is 0 Å². The number of benzene rings is 2. The van der Waals surface area contributed by atoms with Crippen molar-refractivity contribution in [2.75, 3.05) is 27.1 Å². The van der Waals surface area contributed by atoms with E-state index in [1.807, 2.05) is 25.1 Å². The standard InChI is InChI=1S/C26H32N2O5S/c1-6-7-8-11-17(2)28-25(30)19-12-9-10-13-20(19)27-26(28)34-16-21(29)18-14-22(31-3)24(33-5)23(15-18)32-4/h9-10,12-15,17H,6-8,11,16H2,1-5H3. The summed E-state index contributed by atoms with van der Waals surface area (Å²) in [7, 11) is 4.54. The molecule has 0 amide bonds. The smallest absolute Gasteiger partial charge is 0.262 e. The van der Waals surface area contributed by atoms with E-state index in [1.54, 1.807) is 22.8 Å². The Kier molecular flexibility index (Phi) is 8.98. The molecule has 1 unspecified atom stereocenters. The minimum absolute atomic E-state index is 0.0186. The molecule has 182 valence electrons. The zero-order chi connectivity index (χ0) is 24.7. The van der Waals surface area contributed by atoms with Gasteiger partial charge in [-0.25, -0.2) is 4.98 Å². The molecule has 1 heterocycles. The number of para-hydroxylation sites is 1. The van der Waals surface area contributed by atoms with Crippen LogP contribution in [0.5, 0.6) is 17.2 Å². The molecule has 0 aliphatic rings. The van der Waals surface area contributed by atoms with Crippen LogP contribution >= 0.6 is 11.8 Å². The van der Waals surface area contributed by atoms with Gasteiger partial charge in [-0.3, -0.25) is 14.2 Å². The molecular formula is C26H32N2O5S. The lowest BCUT2D eigenvalue weighted by Crippen LogP contribution is -2.26. The zero-order valence-corrected chi connectivity index (χ0v) is 21.2. The van der Waals surface area contributed by atoms with Crippen molar-refractivity contribution in [2.45, 2.75) is 50.7 Å². The maximum Gasteiger partial charge on any atom is 0.262 e. The molecular weight excluding hydrogens is 452 g/mol. The van der Waals surface area contributed by atoms with E-state index in [-0.39, 0.29) is 23.1 Å². The van der Waals surface area contributed by atoms with Gasteiger partial charge in [-0.15, -0.1) is 0 Å². The van der Waals surface area contributed by atoms with Gasteiger partial charge in [-0.1, -0.05) is 50.1 Å². The maximum absolute atomic E-state index is 13.4. The highest BCUT2D eigenvalue weighted by Gasteiger charge is 2.20. The average molecular weight is 485 g/mol. The van der Waals surface area contributed by atoms with E-state index in [1.165, 1.54) is 33.1 Å². The number of thioether (sulfide) groups is 1. The summed E-state index contributed by atoms with van der Waals surface area (Å²) in [6.45, 7) is 4.20. The lowest BCUT2D eigenvalue weighted by Gasteiger charge is -2.19. The summed E-state index contributed by atoms with van der Waals surface area (Å²) in [4.78, 5) is 31.2. The molecule has 0 fully saturated rings. The Balaban J connectivity index is 1.93. The largest absolute Gasteiger partial charge is 0.493 e. The average Bonchev–Trinajstić information content (AvgIpc) is 2.86. The predicted octanol–water partition coefficient (Wildman–Crippen LogP) is 5.54. The third-order valence-corrected chi connectivity index (χ3v) is 6.71. The molecule has 34 heavy (non-hydrogen) atoms. The van der Waals surface area contributed by atoms with E-state index in [4.69, 9.17) is 19.2 Å². The number of aromatic nitrogens is 2. The van der Waals surface area contributed by atoms with Gasteiger partial charge in [0.05, 0.1) is 38.0 Å². The van der Waals surface area contributed by atoms with Crippen LogP contribution in [0, 0.1) is 0 Å². The highest BCUT2D eigenvalue weighted by molar-refractivity contribution is 7.99. The summed E-state index contributed by atoms with van der Waals surface area (Å²) in [6, 6.07) is 10.6.